The number of methoxy groups -OCH3 is 1. The van der Waals surface area contributed by atoms with Gasteiger partial charge in [-0.05, 0) is 18.9 Å². The molecule has 0 saturated heterocycles. The van der Waals surface area contributed by atoms with Gasteiger partial charge in [0.05, 0.1) is 18.6 Å². The molecule has 1 aliphatic rings. The first-order valence-corrected chi connectivity index (χ1v) is 7.91. The smallest absolute Gasteiger partial charge is 0.198 e. The van der Waals surface area contributed by atoms with Gasteiger partial charge in [-0.3, -0.25) is 4.79 Å². The van der Waals surface area contributed by atoms with E-state index in [1.807, 2.05) is 26.0 Å². The van der Waals surface area contributed by atoms with Crippen molar-refractivity contribution in [1.29, 1.82) is 5.26 Å². The molecular weight excluding hydrogens is 292 g/mol. The van der Waals surface area contributed by atoms with Crippen LogP contribution in [0, 0.1) is 11.3 Å². The summed E-state index contributed by atoms with van der Waals surface area (Å²) in [6, 6.07) is 6.17. The van der Waals surface area contributed by atoms with Crippen LogP contribution in [0.4, 0.5) is 0 Å². The lowest BCUT2D eigenvalue weighted by Crippen LogP contribution is -2.30. The third-order valence-electron chi connectivity index (χ3n) is 4.63. The predicted molar refractivity (Wildman–Crippen MR) is 85.4 cm³/mol. The van der Waals surface area contributed by atoms with Gasteiger partial charge in [0, 0.05) is 24.3 Å². The quantitative estimate of drug-likeness (QED) is 0.860. The Morgan fingerprint density at radius 2 is 2.04 bits per heavy atom. The Balaban J connectivity index is 2.21. The molecule has 3 rings (SSSR count). The average Bonchev–Trinajstić information content (AvgIpc) is 3.01. The second kappa shape index (κ2) is 5.69. The van der Waals surface area contributed by atoms with Crippen LogP contribution in [0.5, 0.6) is 5.75 Å². The SMILES string of the molecule is COc1ccc(C2(C#N)CCC(=O)CC2)c2nc(C(C)C)oc12. The number of oxazole rings is 1. The zero-order chi connectivity index (χ0) is 16.6. The Hall–Kier alpha value is -2.35. The Morgan fingerprint density at radius 3 is 2.61 bits per heavy atom. The second-order valence-corrected chi connectivity index (χ2v) is 6.43. The number of hydrogen-bond donors (Lipinski definition) is 0. The zero-order valence-corrected chi connectivity index (χ0v) is 13.7. The Labute approximate surface area is 135 Å². The van der Waals surface area contributed by atoms with Crippen LogP contribution in [0.15, 0.2) is 16.5 Å². The van der Waals surface area contributed by atoms with Crippen molar-refractivity contribution in [3.8, 4) is 11.8 Å². The average molecular weight is 312 g/mol. The molecule has 0 N–H and O–H groups in total. The number of nitrogens with zero attached hydrogens (tertiary/aromatic N) is 2. The highest BCUT2D eigenvalue weighted by Gasteiger charge is 2.39. The van der Waals surface area contributed by atoms with Gasteiger partial charge in [0.25, 0.3) is 0 Å². The van der Waals surface area contributed by atoms with E-state index in [-0.39, 0.29) is 11.7 Å². The molecule has 0 unspecified atom stereocenters. The molecule has 1 aromatic heterocycles. The van der Waals surface area contributed by atoms with Gasteiger partial charge in [0.1, 0.15) is 11.3 Å². The molecule has 0 amide bonds. The molecule has 1 aliphatic carbocycles. The van der Waals surface area contributed by atoms with Crippen molar-refractivity contribution in [3.63, 3.8) is 0 Å². The van der Waals surface area contributed by atoms with E-state index in [1.54, 1.807) is 7.11 Å². The van der Waals surface area contributed by atoms with Crippen molar-refractivity contribution in [2.75, 3.05) is 7.11 Å². The number of carbonyl (C=O) groups is 1. The monoisotopic (exact) mass is 312 g/mol. The number of fused-ring (bicyclic) bond motifs is 1. The lowest BCUT2D eigenvalue weighted by molar-refractivity contribution is -0.120. The fourth-order valence-electron chi connectivity index (χ4n) is 3.19. The Bertz CT molecular complexity index is 788. The highest BCUT2D eigenvalue weighted by molar-refractivity contribution is 5.86. The third kappa shape index (κ3) is 2.48. The number of benzene rings is 1. The van der Waals surface area contributed by atoms with Crippen molar-refractivity contribution >= 4 is 16.9 Å². The van der Waals surface area contributed by atoms with Gasteiger partial charge in [0.15, 0.2) is 17.2 Å². The van der Waals surface area contributed by atoms with Gasteiger partial charge in [-0.2, -0.15) is 5.26 Å². The molecule has 0 radical (unpaired) electrons. The van der Waals surface area contributed by atoms with E-state index in [0.29, 0.717) is 48.4 Å². The lowest BCUT2D eigenvalue weighted by atomic mass is 9.70. The number of aromatic nitrogens is 1. The van der Waals surface area contributed by atoms with Crippen molar-refractivity contribution in [2.45, 2.75) is 50.9 Å². The van der Waals surface area contributed by atoms with E-state index < -0.39 is 5.41 Å². The number of Topliss-reactive ketones (excluding diaryl/α,β-unsaturated/α-hetero) is 1. The van der Waals surface area contributed by atoms with Gasteiger partial charge in [-0.15, -0.1) is 0 Å². The molecule has 1 aromatic carbocycles. The van der Waals surface area contributed by atoms with Crippen LogP contribution in [0.3, 0.4) is 0 Å². The summed E-state index contributed by atoms with van der Waals surface area (Å²) in [4.78, 5) is 16.2. The van der Waals surface area contributed by atoms with E-state index in [2.05, 4.69) is 11.1 Å². The summed E-state index contributed by atoms with van der Waals surface area (Å²) in [5.74, 6) is 1.61. The third-order valence-corrected chi connectivity index (χ3v) is 4.63. The van der Waals surface area contributed by atoms with E-state index in [9.17, 15) is 10.1 Å². The van der Waals surface area contributed by atoms with E-state index in [0.717, 1.165) is 5.56 Å². The molecule has 5 nitrogen and oxygen atoms in total. The molecule has 23 heavy (non-hydrogen) atoms. The summed E-state index contributed by atoms with van der Waals surface area (Å²) >= 11 is 0. The molecule has 0 atom stereocenters. The largest absolute Gasteiger partial charge is 0.493 e. The summed E-state index contributed by atoms with van der Waals surface area (Å²) < 4.78 is 11.3. The summed E-state index contributed by atoms with van der Waals surface area (Å²) in [6.45, 7) is 4.02. The fraction of sp³-hybridized carbons (Fsp3) is 0.500. The standard InChI is InChI=1S/C18H20N2O3/c1-11(2)17-20-15-13(4-5-14(22-3)16(15)23-17)18(10-19)8-6-12(21)7-9-18/h4-5,11H,6-9H2,1-3H3. The molecule has 0 spiro atoms. The van der Waals surface area contributed by atoms with Crippen molar-refractivity contribution in [2.24, 2.45) is 0 Å². The predicted octanol–water partition coefficient (Wildman–Crippen LogP) is 3.86. The van der Waals surface area contributed by atoms with Crippen LogP contribution in [0.1, 0.15) is 56.9 Å². The van der Waals surface area contributed by atoms with E-state index in [4.69, 9.17) is 9.15 Å². The normalized spacial score (nSPS) is 17.4. The van der Waals surface area contributed by atoms with Crippen LogP contribution >= 0.6 is 0 Å². The van der Waals surface area contributed by atoms with Crippen LogP contribution < -0.4 is 4.74 Å². The first kappa shape index (κ1) is 15.5. The minimum atomic E-state index is -0.677. The molecule has 0 bridgehead atoms. The van der Waals surface area contributed by atoms with Crippen LogP contribution in [0.25, 0.3) is 11.1 Å². The minimum absolute atomic E-state index is 0.144. The fourth-order valence-corrected chi connectivity index (χ4v) is 3.19. The summed E-state index contributed by atoms with van der Waals surface area (Å²) in [6.07, 6.45) is 1.95. The molecule has 1 saturated carbocycles. The second-order valence-electron chi connectivity index (χ2n) is 6.43. The number of rotatable bonds is 3. The highest BCUT2D eigenvalue weighted by Crippen LogP contribution is 2.43. The first-order chi connectivity index (χ1) is 11.0. The number of ketones is 1. The molecule has 1 fully saturated rings. The summed E-state index contributed by atoms with van der Waals surface area (Å²) in [5, 5.41) is 9.83. The van der Waals surface area contributed by atoms with Gasteiger partial charge >= 0.3 is 0 Å². The lowest BCUT2D eigenvalue weighted by Gasteiger charge is -2.30. The van der Waals surface area contributed by atoms with Crippen LogP contribution in [0.2, 0.25) is 0 Å². The van der Waals surface area contributed by atoms with Crippen LogP contribution in [-0.4, -0.2) is 17.9 Å². The zero-order valence-electron chi connectivity index (χ0n) is 13.7. The van der Waals surface area contributed by atoms with Crippen molar-refractivity contribution in [3.05, 3.63) is 23.6 Å². The number of hydrogen-bond acceptors (Lipinski definition) is 5. The molecule has 0 aliphatic heterocycles. The van der Waals surface area contributed by atoms with Crippen molar-refractivity contribution in [1.82, 2.24) is 4.98 Å². The minimum Gasteiger partial charge on any atom is -0.493 e. The van der Waals surface area contributed by atoms with E-state index in [1.165, 1.54) is 0 Å². The molecule has 1 heterocycles. The Kier molecular flexibility index (Phi) is 3.85. The molecular formula is C18H20N2O3. The van der Waals surface area contributed by atoms with E-state index >= 15 is 0 Å². The number of nitriles is 1. The molecule has 2 aromatic rings. The number of ether oxygens (including phenoxy) is 1. The maximum atomic E-state index is 11.6. The van der Waals surface area contributed by atoms with Gasteiger partial charge in [-0.1, -0.05) is 19.9 Å². The van der Waals surface area contributed by atoms with Gasteiger partial charge in [-0.25, -0.2) is 4.98 Å². The number of carbonyl (C=O) groups excluding carboxylic acids is 1. The maximum absolute atomic E-state index is 11.6. The van der Waals surface area contributed by atoms with Gasteiger partial charge in [0.2, 0.25) is 0 Å². The van der Waals surface area contributed by atoms with Crippen molar-refractivity contribution < 1.29 is 13.9 Å². The highest BCUT2D eigenvalue weighted by atomic mass is 16.5. The maximum Gasteiger partial charge on any atom is 0.198 e. The first-order valence-electron chi connectivity index (χ1n) is 7.91. The topological polar surface area (TPSA) is 76.1 Å². The summed E-state index contributed by atoms with van der Waals surface area (Å²) in [7, 11) is 1.59. The summed E-state index contributed by atoms with van der Waals surface area (Å²) in [5.41, 5.74) is 1.44. The van der Waals surface area contributed by atoms with Gasteiger partial charge < -0.3 is 9.15 Å². The Morgan fingerprint density at radius 1 is 1.35 bits per heavy atom. The van der Waals surface area contributed by atoms with Crippen LogP contribution in [-0.2, 0) is 10.2 Å². The molecule has 5 heteroatoms. The molecule has 120 valence electrons.